The van der Waals surface area contributed by atoms with E-state index in [0.29, 0.717) is 4.48 Å². The Labute approximate surface area is 68.2 Å². The fourth-order valence-electron chi connectivity index (χ4n) is 0.575. The van der Waals surface area contributed by atoms with E-state index in [1.54, 1.807) is 0 Å². The standard InChI is InChI=1S/C8H17NO2/c1-8(2,3)9(4,5)6-7(10)11/h6H2,1-5H3/p+1. The zero-order valence-corrected chi connectivity index (χ0v) is 8.01. The molecule has 0 aromatic rings. The van der Waals surface area contributed by atoms with Gasteiger partial charge in [-0.15, -0.1) is 0 Å². The van der Waals surface area contributed by atoms with E-state index in [9.17, 15) is 4.79 Å². The number of hydrogen-bond donors (Lipinski definition) is 1. The Kier molecular flexibility index (Phi) is 2.67. The lowest BCUT2D eigenvalue weighted by molar-refractivity contribution is -0.928. The molecule has 66 valence electrons. The van der Waals surface area contributed by atoms with E-state index in [2.05, 4.69) is 0 Å². The van der Waals surface area contributed by atoms with Crippen molar-refractivity contribution in [1.29, 1.82) is 0 Å². The van der Waals surface area contributed by atoms with Crippen LogP contribution in [-0.4, -0.2) is 41.7 Å². The first-order chi connectivity index (χ1) is 4.67. The van der Waals surface area contributed by atoms with Gasteiger partial charge in [-0.1, -0.05) is 0 Å². The fourth-order valence-corrected chi connectivity index (χ4v) is 0.575. The van der Waals surface area contributed by atoms with Crippen LogP contribution in [0.25, 0.3) is 0 Å². The summed E-state index contributed by atoms with van der Waals surface area (Å²) >= 11 is 0. The third-order valence-electron chi connectivity index (χ3n) is 2.35. The van der Waals surface area contributed by atoms with Gasteiger partial charge in [0.15, 0.2) is 6.54 Å². The second-order valence-electron chi connectivity index (χ2n) is 4.41. The van der Waals surface area contributed by atoms with Crippen molar-refractivity contribution in [3.63, 3.8) is 0 Å². The van der Waals surface area contributed by atoms with Crippen LogP contribution in [0.15, 0.2) is 0 Å². The van der Waals surface area contributed by atoms with E-state index in [0.717, 1.165) is 0 Å². The maximum Gasteiger partial charge on any atom is 0.359 e. The van der Waals surface area contributed by atoms with Gasteiger partial charge in [0.05, 0.1) is 19.6 Å². The summed E-state index contributed by atoms with van der Waals surface area (Å²) in [6.45, 7) is 6.28. The molecule has 0 fully saturated rings. The van der Waals surface area contributed by atoms with Crippen LogP contribution in [0, 0.1) is 0 Å². The number of carboxylic acids is 1. The molecular weight excluding hydrogens is 142 g/mol. The predicted octanol–water partition coefficient (Wildman–Crippen LogP) is 0.946. The minimum atomic E-state index is -0.745. The number of carboxylic acid groups (broad SMARTS) is 1. The van der Waals surface area contributed by atoms with Crippen LogP contribution in [0.2, 0.25) is 0 Å². The largest absolute Gasteiger partial charge is 0.477 e. The molecule has 0 spiro atoms. The Morgan fingerprint density at radius 2 is 1.73 bits per heavy atom. The Balaban J connectivity index is 4.34. The van der Waals surface area contributed by atoms with Crippen molar-refractivity contribution in [2.75, 3.05) is 20.6 Å². The first-order valence-corrected chi connectivity index (χ1v) is 3.72. The lowest BCUT2D eigenvalue weighted by Crippen LogP contribution is -2.56. The highest BCUT2D eigenvalue weighted by Gasteiger charge is 2.33. The summed E-state index contributed by atoms with van der Waals surface area (Å²) in [6, 6.07) is 0. The van der Waals surface area contributed by atoms with E-state index in [1.807, 2.05) is 34.9 Å². The summed E-state index contributed by atoms with van der Waals surface area (Å²) in [6.07, 6.45) is 0. The highest BCUT2D eigenvalue weighted by molar-refractivity contribution is 5.67. The SMILES string of the molecule is CC(C)(C)[N+](C)(C)CC(=O)O. The van der Waals surface area contributed by atoms with Gasteiger partial charge in [0.25, 0.3) is 0 Å². The summed E-state index contributed by atoms with van der Waals surface area (Å²) < 4.78 is 0.502. The van der Waals surface area contributed by atoms with Gasteiger partial charge < -0.3 is 9.59 Å². The topological polar surface area (TPSA) is 37.3 Å². The van der Waals surface area contributed by atoms with Crippen LogP contribution in [0.3, 0.4) is 0 Å². The number of carbonyl (C=O) groups is 1. The second kappa shape index (κ2) is 2.81. The number of aliphatic carboxylic acids is 1. The van der Waals surface area contributed by atoms with Crippen molar-refractivity contribution >= 4 is 5.97 Å². The minimum absolute atomic E-state index is 0.0155. The first-order valence-electron chi connectivity index (χ1n) is 3.72. The molecule has 0 amide bonds. The average molecular weight is 160 g/mol. The Morgan fingerprint density at radius 3 is 1.82 bits per heavy atom. The molecule has 11 heavy (non-hydrogen) atoms. The summed E-state index contributed by atoms with van der Waals surface area (Å²) in [7, 11) is 3.85. The van der Waals surface area contributed by atoms with Crippen molar-refractivity contribution in [2.45, 2.75) is 26.3 Å². The molecule has 0 aromatic heterocycles. The molecule has 0 atom stereocenters. The normalized spacial score (nSPS) is 13.2. The molecule has 0 bridgehead atoms. The molecule has 0 aromatic carbocycles. The molecule has 0 radical (unpaired) electrons. The van der Waals surface area contributed by atoms with E-state index in [-0.39, 0.29) is 12.1 Å². The third-order valence-corrected chi connectivity index (χ3v) is 2.35. The van der Waals surface area contributed by atoms with Crippen molar-refractivity contribution in [2.24, 2.45) is 0 Å². The number of nitrogens with zero attached hydrogens (tertiary/aromatic N) is 1. The molecule has 3 nitrogen and oxygen atoms in total. The van der Waals surface area contributed by atoms with E-state index in [1.165, 1.54) is 0 Å². The van der Waals surface area contributed by atoms with E-state index >= 15 is 0 Å². The molecular formula is C8H18NO2+. The molecule has 1 N–H and O–H groups in total. The van der Waals surface area contributed by atoms with Gasteiger partial charge >= 0.3 is 5.97 Å². The van der Waals surface area contributed by atoms with Gasteiger partial charge in [-0.3, -0.25) is 0 Å². The van der Waals surface area contributed by atoms with Gasteiger partial charge in [0.2, 0.25) is 0 Å². The minimum Gasteiger partial charge on any atom is -0.477 e. The lowest BCUT2D eigenvalue weighted by atomic mass is 10.0. The maximum atomic E-state index is 10.4. The molecule has 0 rings (SSSR count). The molecule has 0 aliphatic heterocycles. The van der Waals surface area contributed by atoms with E-state index < -0.39 is 5.97 Å². The number of hydrogen-bond acceptors (Lipinski definition) is 1. The first kappa shape index (κ1) is 10.4. The van der Waals surface area contributed by atoms with E-state index in [4.69, 9.17) is 5.11 Å². The van der Waals surface area contributed by atoms with Crippen molar-refractivity contribution in [3.05, 3.63) is 0 Å². The highest BCUT2D eigenvalue weighted by Crippen LogP contribution is 2.17. The Hall–Kier alpha value is -0.570. The Morgan fingerprint density at radius 1 is 1.36 bits per heavy atom. The predicted molar refractivity (Wildman–Crippen MR) is 44.4 cm³/mol. The molecule has 0 heterocycles. The highest BCUT2D eigenvalue weighted by atomic mass is 16.4. The third kappa shape index (κ3) is 2.89. The monoisotopic (exact) mass is 160 g/mol. The van der Waals surface area contributed by atoms with Crippen LogP contribution < -0.4 is 0 Å². The van der Waals surface area contributed by atoms with Gasteiger partial charge in [-0.25, -0.2) is 4.79 Å². The van der Waals surface area contributed by atoms with Crippen LogP contribution >= 0.6 is 0 Å². The van der Waals surface area contributed by atoms with Gasteiger partial charge in [-0.05, 0) is 20.8 Å². The molecule has 3 heteroatoms. The molecule has 0 aliphatic carbocycles. The summed E-state index contributed by atoms with van der Waals surface area (Å²) in [5.74, 6) is -0.745. The quantitative estimate of drug-likeness (QED) is 0.610. The zero-order chi connectivity index (χ0) is 9.28. The Bertz CT molecular complexity index is 156. The lowest BCUT2D eigenvalue weighted by Gasteiger charge is -2.40. The molecule has 0 unspecified atom stereocenters. The average Bonchev–Trinajstić information content (AvgIpc) is 1.56. The van der Waals surface area contributed by atoms with Crippen LogP contribution in [0.5, 0.6) is 0 Å². The van der Waals surface area contributed by atoms with Crippen LogP contribution in [0.1, 0.15) is 20.8 Å². The molecule has 0 aliphatic rings. The molecule has 0 saturated heterocycles. The van der Waals surface area contributed by atoms with Crippen molar-refractivity contribution in [1.82, 2.24) is 0 Å². The van der Waals surface area contributed by atoms with Crippen molar-refractivity contribution in [3.8, 4) is 0 Å². The maximum absolute atomic E-state index is 10.4. The van der Waals surface area contributed by atoms with Gasteiger partial charge in [-0.2, -0.15) is 0 Å². The van der Waals surface area contributed by atoms with Gasteiger partial charge in [0.1, 0.15) is 0 Å². The summed E-state index contributed by atoms with van der Waals surface area (Å²) in [5, 5.41) is 8.60. The van der Waals surface area contributed by atoms with Crippen LogP contribution in [-0.2, 0) is 4.79 Å². The zero-order valence-electron chi connectivity index (χ0n) is 8.01. The number of rotatable bonds is 2. The number of likely N-dealkylation sites (N-methyl/N-ethyl adjacent to an activating group) is 1. The number of quaternary nitrogens is 1. The summed E-state index contributed by atoms with van der Waals surface area (Å²) in [4.78, 5) is 10.4. The fraction of sp³-hybridized carbons (Fsp3) is 0.875. The smallest absolute Gasteiger partial charge is 0.359 e. The second-order valence-corrected chi connectivity index (χ2v) is 4.41. The summed E-state index contributed by atoms with van der Waals surface area (Å²) in [5.41, 5.74) is -0.0155. The van der Waals surface area contributed by atoms with Crippen LogP contribution in [0.4, 0.5) is 0 Å². The molecule has 0 saturated carbocycles. The van der Waals surface area contributed by atoms with Crippen molar-refractivity contribution < 1.29 is 14.4 Å². The van der Waals surface area contributed by atoms with Gasteiger partial charge in [0, 0.05) is 0 Å².